The van der Waals surface area contributed by atoms with Gasteiger partial charge in [-0.15, -0.1) is 20.4 Å². The third-order valence-electron chi connectivity index (χ3n) is 5.48. The van der Waals surface area contributed by atoms with Crippen LogP contribution >= 0.6 is 11.6 Å². The van der Waals surface area contributed by atoms with Crippen LogP contribution in [0.1, 0.15) is 67.3 Å². The van der Waals surface area contributed by atoms with Crippen molar-refractivity contribution in [3.8, 4) is 0 Å². The number of rotatable bonds is 6. The minimum atomic E-state index is -0.0209. The first kappa shape index (κ1) is 22.1. The fourth-order valence-electron chi connectivity index (χ4n) is 3.67. The second-order valence-corrected chi connectivity index (χ2v) is 8.71. The highest BCUT2D eigenvalue weighted by molar-refractivity contribution is 6.30. The van der Waals surface area contributed by atoms with Crippen LogP contribution in [-0.2, 0) is 11.3 Å². The lowest BCUT2D eigenvalue weighted by Crippen LogP contribution is -2.36. The Labute approximate surface area is 191 Å². The number of amides is 1. The van der Waals surface area contributed by atoms with Crippen molar-refractivity contribution >= 4 is 23.6 Å². The number of aromatic nitrogens is 6. The van der Waals surface area contributed by atoms with E-state index in [-0.39, 0.29) is 17.7 Å². The first-order valence-corrected chi connectivity index (χ1v) is 11.1. The van der Waals surface area contributed by atoms with E-state index in [1.807, 2.05) is 37.0 Å². The number of carbonyl (C=O) groups is 1. The van der Waals surface area contributed by atoms with Crippen LogP contribution in [0.2, 0.25) is 5.02 Å². The average molecular weight is 456 g/mol. The number of halogens is 1. The van der Waals surface area contributed by atoms with Gasteiger partial charge in [0, 0.05) is 36.0 Å². The van der Waals surface area contributed by atoms with Crippen molar-refractivity contribution < 1.29 is 9.21 Å². The van der Waals surface area contributed by atoms with E-state index in [0.717, 1.165) is 24.0 Å². The van der Waals surface area contributed by atoms with Crippen LogP contribution in [0.4, 0.5) is 0 Å². The van der Waals surface area contributed by atoms with E-state index in [2.05, 4.69) is 25.6 Å². The monoisotopic (exact) mass is 455 g/mol. The SMILES string of the molecule is Cc1nnn(Cc2cc(Cl)ccc2/C=C/C(=O)N2CCC(c3nnc(C(C)C)o3)CC2)n1. The van der Waals surface area contributed by atoms with Crippen molar-refractivity contribution in [1.82, 2.24) is 35.3 Å². The van der Waals surface area contributed by atoms with Crippen LogP contribution in [0.15, 0.2) is 28.7 Å². The lowest BCUT2D eigenvalue weighted by Gasteiger charge is -2.29. The van der Waals surface area contributed by atoms with Crippen molar-refractivity contribution in [1.29, 1.82) is 0 Å². The number of nitrogens with zero attached hydrogens (tertiary/aromatic N) is 7. The van der Waals surface area contributed by atoms with Crippen molar-refractivity contribution in [2.75, 3.05) is 13.1 Å². The van der Waals surface area contributed by atoms with Gasteiger partial charge < -0.3 is 9.32 Å². The summed E-state index contributed by atoms with van der Waals surface area (Å²) in [5.41, 5.74) is 1.80. The Kier molecular flexibility index (Phi) is 6.64. The van der Waals surface area contributed by atoms with E-state index in [4.69, 9.17) is 16.0 Å². The van der Waals surface area contributed by atoms with Crippen LogP contribution in [0.25, 0.3) is 6.08 Å². The number of hydrogen-bond donors (Lipinski definition) is 0. The standard InChI is InChI=1S/C22H26ClN7O2/c1-14(2)21-25-26-22(32-21)17-8-10-29(11-9-17)20(31)7-5-16-4-6-19(23)12-18(16)13-30-27-15(3)24-28-30/h4-7,12,14,17H,8-11,13H2,1-3H3/b7-5+. The number of likely N-dealkylation sites (tertiary alicyclic amines) is 1. The molecule has 4 rings (SSSR count). The average Bonchev–Trinajstić information content (AvgIpc) is 3.42. The molecule has 3 heterocycles. The Bertz CT molecular complexity index is 1110. The van der Waals surface area contributed by atoms with Gasteiger partial charge in [-0.25, -0.2) is 0 Å². The minimum Gasteiger partial charge on any atom is -0.425 e. The zero-order valence-corrected chi connectivity index (χ0v) is 19.2. The van der Waals surface area contributed by atoms with Gasteiger partial charge in [0.25, 0.3) is 0 Å². The van der Waals surface area contributed by atoms with Gasteiger partial charge in [-0.05, 0) is 54.3 Å². The van der Waals surface area contributed by atoms with Gasteiger partial charge in [0.05, 0.1) is 6.54 Å². The third kappa shape index (κ3) is 5.21. The molecule has 1 amide bonds. The molecule has 32 heavy (non-hydrogen) atoms. The molecule has 0 bridgehead atoms. The fourth-order valence-corrected chi connectivity index (χ4v) is 3.87. The second kappa shape index (κ2) is 9.60. The summed E-state index contributed by atoms with van der Waals surface area (Å²) in [5, 5.41) is 21.1. The Hall–Kier alpha value is -3.07. The van der Waals surface area contributed by atoms with Gasteiger partial charge in [-0.2, -0.15) is 4.80 Å². The first-order valence-electron chi connectivity index (χ1n) is 10.7. The summed E-state index contributed by atoms with van der Waals surface area (Å²) in [7, 11) is 0. The third-order valence-corrected chi connectivity index (χ3v) is 5.72. The Morgan fingerprint density at radius 3 is 2.69 bits per heavy atom. The summed E-state index contributed by atoms with van der Waals surface area (Å²) in [6, 6.07) is 5.54. The van der Waals surface area contributed by atoms with Gasteiger partial charge in [-0.1, -0.05) is 31.5 Å². The number of hydrogen-bond acceptors (Lipinski definition) is 7. The Morgan fingerprint density at radius 1 is 1.25 bits per heavy atom. The van der Waals surface area contributed by atoms with Crippen molar-refractivity contribution in [3.63, 3.8) is 0 Å². The maximum atomic E-state index is 12.8. The Morgan fingerprint density at radius 2 is 2.03 bits per heavy atom. The van der Waals surface area contributed by atoms with E-state index in [1.165, 1.54) is 4.80 Å². The van der Waals surface area contributed by atoms with E-state index in [9.17, 15) is 4.79 Å². The predicted molar refractivity (Wildman–Crippen MR) is 119 cm³/mol. The van der Waals surface area contributed by atoms with Crippen molar-refractivity contribution in [2.45, 2.75) is 52.0 Å². The van der Waals surface area contributed by atoms with Crippen LogP contribution in [0.3, 0.4) is 0 Å². The van der Waals surface area contributed by atoms with Crippen LogP contribution < -0.4 is 0 Å². The molecule has 1 fully saturated rings. The zero-order valence-electron chi connectivity index (χ0n) is 18.4. The van der Waals surface area contributed by atoms with Crippen molar-refractivity contribution in [2.24, 2.45) is 0 Å². The summed E-state index contributed by atoms with van der Waals surface area (Å²) in [5.74, 6) is 2.33. The molecule has 0 aliphatic carbocycles. The summed E-state index contributed by atoms with van der Waals surface area (Å²) >= 11 is 6.17. The normalized spacial score (nSPS) is 15.2. The highest BCUT2D eigenvalue weighted by Crippen LogP contribution is 2.28. The number of benzene rings is 1. The van der Waals surface area contributed by atoms with E-state index in [0.29, 0.717) is 42.3 Å². The highest BCUT2D eigenvalue weighted by atomic mass is 35.5. The molecule has 10 heteroatoms. The first-order chi connectivity index (χ1) is 15.4. The predicted octanol–water partition coefficient (Wildman–Crippen LogP) is 3.61. The molecule has 0 radical (unpaired) electrons. The van der Waals surface area contributed by atoms with Gasteiger partial charge in [-0.3, -0.25) is 4.79 Å². The quantitative estimate of drug-likeness (QED) is 0.523. The molecule has 1 aromatic carbocycles. The lowest BCUT2D eigenvalue weighted by molar-refractivity contribution is -0.127. The molecule has 9 nitrogen and oxygen atoms in total. The molecule has 1 aliphatic heterocycles. The van der Waals surface area contributed by atoms with Gasteiger partial charge in [0.2, 0.25) is 17.7 Å². The molecule has 0 unspecified atom stereocenters. The molecule has 0 spiro atoms. The molecule has 1 saturated heterocycles. The zero-order chi connectivity index (χ0) is 22.7. The number of piperidine rings is 1. The molecular weight excluding hydrogens is 430 g/mol. The van der Waals surface area contributed by atoms with Gasteiger partial charge >= 0.3 is 0 Å². The molecule has 1 aliphatic rings. The number of aryl methyl sites for hydroxylation is 1. The molecule has 0 atom stereocenters. The molecule has 3 aromatic rings. The molecule has 168 valence electrons. The van der Waals surface area contributed by atoms with Crippen LogP contribution in [0.5, 0.6) is 0 Å². The highest BCUT2D eigenvalue weighted by Gasteiger charge is 2.27. The fraction of sp³-hybridized carbons (Fsp3) is 0.455. The van der Waals surface area contributed by atoms with Crippen molar-refractivity contribution in [3.05, 3.63) is 58.0 Å². The van der Waals surface area contributed by atoms with Crippen LogP contribution in [-0.4, -0.2) is 54.3 Å². The maximum Gasteiger partial charge on any atom is 0.246 e. The van der Waals surface area contributed by atoms with E-state index in [1.54, 1.807) is 19.1 Å². The molecular formula is C22H26ClN7O2. The van der Waals surface area contributed by atoms with Crippen LogP contribution in [0, 0.1) is 6.92 Å². The number of carbonyl (C=O) groups excluding carboxylic acids is 1. The summed E-state index contributed by atoms with van der Waals surface area (Å²) in [4.78, 5) is 16.1. The lowest BCUT2D eigenvalue weighted by atomic mass is 9.96. The summed E-state index contributed by atoms with van der Waals surface area (Å²) < 4.78 is 5.79. The van der Waals surface area contributed by atoms with E-state index >= 15 is 0 Å². The number of tetrazole rings is 1. The molecule has 0 saturated carbocycles. The van der Waals surface area contributed by atoms with Gasteiger partial charge in [0.15, 0.2) is 5.82 Å². The summed E-state index contributed by atoms with van der Waals surface area (Å²) in [6.07, 6.45) is 5.04. The largest absolute Gasteiger partial charge is 0.425 e. The summed E-state index contributed by atoms with van der Waals surface area (Å²) in [6.45, 7) is 7.57. The topological polar surface area (TPSA) is 103 Å². The second-order valence-electron chi connectivity index (χ2n) is 8.28. The minimum absolute atomic E-state index is 0.0209. The Balaban J connectivity index is 1.38. The van der Waals surface area contributed by atoms with Gasteiger partial charge in [0.1, 0.15) is 0 Å². The van der Waals surface area contributed by atoms with E-state index < -0.39 is 0 Å². The maximum absolute atomic E-state index is 12.8. The smallest absolute Gasteiger partial charge is 0.246 e. The molecule has 0 N–H and O–H groups in total. The molecule has 2 aromatic heterocycles.